The molecule has 1 aliphatic carbocycles. The molecule has 5 nitrogen and oxygen atoms in total. The molecule has 3 aliphatic heterocycles. The van der Waals surface area contributed by atoms with E-state index in [0.29, 0.717) is 11.8 Å². The van der Waals surface area contributed by atoms with Crippen molar-refractivity contribution in [2.75, 3.05) is 19.6 Å². The monoisotopic (exact) mass is 388 g/mol. The summed E-state index contributed by atoms with van der Waals surface area (Å²) < 4.78 is 0. The van der Waals surface area contributed by atoms with Crippen LogP contribution in [0.1, 0.15) is 48.9 Å². The summed E-state index contributed by atoms with van der Waals surface area (Å²) in [4.78, 5) is 27.2. The second-order valence-electron chi connectivity index (χ2n) is 9.27. The third-order valence-electron chi connectivity index (χ3n) is 7.63. The summed E-state index contributed by atoms with van der Waals surface area (Å²) in [7, 11) is 0. The van der Waals surface area contributed by atoms with Crippen LogP contribution in [0.15, 0.2) is 42.2 Å². The van der Waals surface area contributed by atoms with E-state index in [4.69, 9.17) is 0 Å². The van der Waals surface area contributed by atoms with Crippen molar-refractivity contribution in [3.05, 3.63) is 47.8 Å². The summed E-state index contributed by atoms with van der Waals surface area (Å²) in [5.41, 5.74) is 3.92. The molecule has 2 aromatic rings. The van der Waals surface area contributed by atoms with E-state index in [1.165, 1.54) is 37.8 Å². The summed E-state index contributed by atoms with van der Waals surface area (Å²) in [6.45, 7) is 3.27. The molecule has 4 atom stereocenters. The molecule has 0 radical (unpaired) electrons. The maximum Gasteiger partial charge on any atom is 0.254 e. The maximum absolute atomic E-state index is 13.6. The van der Waals surface area contributed by atoms with Crippen LogP contribution in [-0.4, -0.2) is 57.4 Å². The van der Waals surface area contributed by atoms with Gasteiger partial charge in [0.05, 0.1) is 17.1 Å². The Morgan fingerprint density at radius 1 is 1.03 bits per heavy atom. The van der Waals surface area contributed by atoms with Crippen LogP contribution in [0.5, 0.6) is 0 Å². The summed E-state index contributed by atoms with van der Waals surface area (Å²) >= 11 is 0. The number of nitrogens with zero attached hydrogens (tertiary/aromatic N) is 4. The number of hydrogen-bond donors (Lipinski definition) is 0. The topological polar surface area (TPSA) is 49.3 Å². The normalized spacial score (nSPS) is 31.7. The minimum absolute atomic E-state index is 0.160. The number of rotatable bonds is 1. The van der Waals surface area contributed by atoms with Crippen LogP contribution in [-0.2, 0) is 0 Å². The van der Waals surface area contributed by atoms with Crippen LogP contribution < -0.4 is 0 Å². The van der Waals surface area contributed by atoms with Gasteiger partial charge in [-0.1, -0.05) is 18.1 Å². The number of hydrogen-bond acceptors (Lipinski definition) is 4. The molecule has 3 saturated heterocycles. The molecule has 4 heterocycles. The highest BCUT2D eigenvalue weighted by Crippen LogP contribution is 2.45. The number of amides is 1. The lowest BCUT2D eigenvalue weighted by Gasteiger charge is -2.54. The van der Waals surface area contributed by atoms with Gasteiger partial charge in [-0.3, -0.25) is 19.7 Å². The molecule has 0 saturated carbocycles. The molecular formula is C24H28N4O. The Bertz CT molecular complexity index is 986. The number of likely N-dealkylation sites (tertiary alicyclic amines) is 1. The predicted octanol–water partition coefficient (Wildman–Crippen LogP) is 3.67. The Labute approximate surface area is 171 Å². The predicted molar refractivity (Wildman–Crippen MR) is 112 cm³/mol. The molecule has 2 bridgehead atoms. The van der Waals surface area contributed by atoms with E-state index in [0.717, 1.165) is 48.6 Å². The number of aromatic nitrogens is 2. The fourth-order valence-corrected chi connectivity index (χ4v) is 6.46. The van der Waals surface area contributed by atoms with Crippen LogP contribution in [0.3, 0.4) is 0 Å². The van der Waals surface area contributed by atoms with Crippen LogP contribution in [0.25, 0.3) is 11.0 Å². The molecule has 1 aromatic heterocycles. The fourth-order valence-electron chi connectivity index (χ4n) is 6.46. The zero-order valence-electron chi connectivity index (χ0n) is 16.8. The largest absolute Gasteiger partial charge is 0.332 e. The highest BCUT2D eigenvalue weighted by molar-refractivity contribution is 5.97. The van der Waals surface area contributed by atoms with Gasteiger partial charge >= 0.3 is 0 Å². The zero-order valence-corrected chi connectivity index (χ0v) is 16.8. The molecule has 3 fully saturated rings. The highest BCUT2D eigenvalue weighted by Gasteiger charge is 2.46. The molecule has 4 unspecified atom stereocenters. The number of benzene rings is 1. The van der Waals surface area contributed by atoms with E-state index >= 15 is 0 Å². The van der Waals surface area contributed by atoms with Gasteiger partial charge in [0.1, 0.15) is 0 Å². The van der Waals surface area contributed by atoms with Gasteiger partial charge < -0.3 is 4.90 Å². The standard InChI is InChI=1S/C24H28N4O/c29-24(17-6-7-20-21(14-17)26-9-8-25-20)28-11-3-4-16-12-18-13-19(23(16)28)15-27-10-2-1-5-22(18)27/h6-9,12,14,18-19,22-23H,1-5,10-11,13,15H2. The van der Waals surface area contributed by atoms with Crippen molar-refractivity contribution < 1.29 is 4.79 Å². The first-order valence-corrected chi connectivity index (χ1v) is 11.2. The van der Waals surface area contributed by atoms with E-state index in [2.05, 4.69) is 25.8 Å². The third kappa shape index (κ3) is 2.90. The molecule has 5 heteroatoms. The lowest BCUT2D eigenvalue weighted by Crippen LogP contribution is -2.60. The van der Waals surface area contributed by atoms with Crippen molar-refractivity contribution in [3.63, 3.8) is 0 Å². The summed E-state index contributed by atoms with van der Waals surface area (Å²) in [6, 6.07) is 6.79. The van der Waals surface area contributed by atoms with Crippen LogP contribution in [0.2, 0.25) is 0 Å². The third-order valence-corrected chi connectivity index (χ3v) is 7.63. The number of piperidine rings is 3. The number of fused-ring (bicyclic) bond motifs is 7. The smallest absolute Gasteiger partial charge is 0.254 e. The molecule has 150 valence electrons. The van der Waals surface area contributed by atoms with Gasteiger partial charge in [0.25, 0.3) is 5.91 Å². The van der Waals surface area contributed by atoms with Crippen molar-refractivity contribution >= 4 is 16.9 Å². The molecule has 4 aliphatic rings. The molecule has 0 spiro atoms. The Kier molecular flexibility index (Phi) is 4.19. The van der Waals surface area contributed by atoms with Crippen molar-refractivity contribution in [1.29, 1.82) is 0 Å². The second-order valence-corrected chi connectivity index (χ2v) is 9.27. The first-order chi connectivity index (χ1) is 14.3. The lowest BCUT2D eigenvalue weighted by molar-refractivity contribution is 0.00148. The average Bonchev–Trinajstić information content (AvgIpc) is 2.78. The Hall–Kier alpha value is -2.27. The lowest BCUT2D eigenvalue weighted by atomic mass is 9.68. The Balaban J connectivity index is 1.33. The van der Waals surface area contributed by atoms with Crippen molar-refractivity contribution in [2.24, 2.45) is 11.8 Å². The second kappa shape index (κ2) is 6.91. The van der Waals surface area contributed by atoms with Gasteiger partial charge in [-0.25, -0.2) is 0 Å². The molecule has 29 heavy (non-hydrogen) atoms. The Morgan fingerprint density at radius 3 is 2.86 bits per heavy atom. The van der Waals surface area contributed by atoms with Crippen LogP contribution in [0, 0.1) is 11.8 Å². The first-order valence-electron chi connectivity index (χ1n) is 11.2. The van der Waals surface area contributed by atoms with Gasteiger partial charge in [0.15, 0.2) is 0 Å². The molecule has 6 rings (SSSR count). The van der Waals surface area contributed by atoms with Crippen LogP contribution >= 0.6 is 0 Å². The van der Waals surface area contributed by atoms with Crippen LogP contribution in [0.4, 0.5) is 0 Å². The zero-order chi connectivity index (χ0) is 19.4. The van der Waals surface area contributed by atoms with E-state index < -0.39 is 0 Å². The first kappa shape index (κ1) is 17.6. The van der Waals surface area contributed by atoms with Gasteiger partial charge in [0, 0.05) is 37.1 Å². The summed E-state index contributed by atoms with van der Waals surface area (Å²) in [6.07, 6.45) is 13.5. The number of carbonyl (C=O) groups is 1. The minimum Gasteiger partial charge on any atom is -0.332 e. The molecule has 1 amide bonds. The molecule has 1 aromatic carbocycles. The molecule has 0 N–H and O–H groups in total. The van der Waals surface area contributed by atoms with Crippen molar-refractivity contribution in [1.82, 2.24) is 19.8 Å². The minimum atomic E-state index is 0.160. The quantitative estimate of drug-likeness (QED) is 0.700. The SMILES string of the molecule is O=C(c1ccc2nccnc2c1)N1CCCC2=CC3CC(CN4CCCCC34)C21. The van der Waals surface area contributed by atoms with Crippen molar-refractivity contribution in [3.8, 4) is 0 Å². The summed E-state index contributed by atoms with van der Waals surface area (Å²) in [5, 5.41) is 0. The van der Waals surface area contributed by atoms with E-state index in [9.17, 15) is 4.79 Å². The van der Waals surface area contributed by atoms with E-state index in [-0.39, 0.29) is 11.9 Å². The number of carbonyl (C=O) groups excluding carboxylic acids is 1. The van der Waals surface area contributed by atoms with Crippen molar-refractivity contribution in [2.45, 2.75) is 50.6 Å². The van der Waals surface area contributed by atoms with Gasteiger partial charge in [-0.2, -0.15) is 0 Å². The van der Waals surface area contributed by atoms with Gasteiger partial charge in [0.2, 0.25) is 0 Å². The summed E-state index contributed by atoms with van der Waals surface area (Å²) in [5.74, 6) is 1.44. The van der Waals surface area contributed by atoms with E-state index in [1.54, 1.807) is 12.4 Å². The average molecular weight is 389 g/mol. The Morgan fingerprint density at radius 2 is 1.93 bits per heavy atom. The molecular weight excluding hydrogens is 360 g/mol. The fraction of sp³-hybridized carbons (Fsp3) is 0.542. The van der Waals surface area contributed by atoms with Gasteiger partial charge in [-0.05, 0) is 68.7 Å². The highest BCUT2D eigenvalue weighted by atomic mass is 16.2. The maximum atomic E-state index is 13.6. The van der Waals surface area contributed by atoms with Gasteiger partial charge in [-0.15, -0.1) is 0 Å². The van der Waals surface area contributed by atoms with E-state index in [1.807, 2.05) is 18.2 Å².